The van der Waals surface area contributed by atoms with Crippen LogP contribution in [-0.4, -0.2) is 37.7 Å². The molecule has 1 aliphatic heterocycles. The molecule has 4 rings (SSSR count). The van der Waals surface area contributed by atoms with Crippen molar-refractivity contribution in [2.24, 2.45) is 0 Å². The molecule has 2 heterocycles. The smallest absolute Gasteiger partial charge is 0.262 e. The number of hydrogen-bond donors (Lipinski definition) is 2. The van der Waals surface area contributed by atoms with Gasteiger partial charge in [0.25, 0.3) is 11.8 Å². The fourth-order valence-electron chi connectivity index (χ4n) is 4.32. The Morgan fingerprint density at radius 3 is 2.65 bits per heavy atom. The van der Waals surface area contributed by atoms with Crippen molar-refractivity contribution in [1.82, 2.24) is 5.32 Å². The monoisotopic (exact) mass is 442 g/mol. The number of hydrogen-bond acceptors (Lipinski definition) is 5. The highest BCUT2D eigenvalue weighted by molar-refractivity contribution is 7.17. The molecule has 1 aromatic carbocycles. The maximum absolute atomic E-state index is 13.0. The average molecular weight is 443 g/mol. The van der Waals surface area contributed by atoms with Crippen molar-refractivity contribution in [3.8, 4) is 5.75 Å². The Morgan fingerprint density at radius 1 is 1.13 bits per heavy atom. The molecule has 2 amide bonds. The van der Waals surface area contributed by atoms with Crippen LogP contribution in [0, 0.1) is 13.8 Å². The summed E-state index contributed by atoms with van der Waals surface area (Å²) in [6.45, 7) is 5.17. The lowest BCUT2D eigenvalue weighted by Gasteiger charge is -2.15. The van der Waals surface area contributed by atoms with Gasteiger partial charge in [-0.15, -0.1) is 11.3 Å². The minimum atomic E-state index is -0.258. The number of amides is 2. The summed E-state index contributed by atoms with van der Waals surface area (Å²) in [6.07, 6.45) is 6.12. The predicted molar refractivity (Wildman–Crippen MR) is 122 cm³/mol. The summed E-state index contributed by atoms with van der Waals surface area (Å²) >= 11 is 1.52. The molecule has 166 valence electrons. The zero-order valence-corrected chi connectivity index (χ0v) is 19.0. The number of nitrogens with one attached hydrogen (secondary N) is 2. The number of carbonyl (C=O) groups is 2. The largest absolute Gasteiger partial charge is 0.484 e. The fraction of sp³-hybridized carbons (Fsp3) is 0.500. The van der Waals surface area contributed by atoms with E-state index in [1.165, 1.54) is 16.2 Å². The van der Waals surface area contributed by atoms with Crippen LogP contribution >= 0.6 is 11.3 Å². The summed E-state index contributed by atoms with van der Waals surface area (Å²) in [6, 6.07) is 5.88. The molecule has 1 atom stereocenters. The van der Waals surface area contributed by atoms with Gasteiger partial charge in [-0.2, -0.15) is 0 Å². The Balaban J connectivity index is 1.44. The van der Waals surface area contributed by atoms with Crippen molar-refractivity contribution in [2.75, 3.05) is 25.1 Å². The predicted octanol–water partition coefficient (Wildman–Crippen LogP) is 4.17. The third-order valence-corrected chi connectivity index (χ3v) is 6.94. The molecule has 2 aliphatic rings. The molecule has 1 fully saturated rings. The van der Waals surface area contributed by atoms with Crippen LogP contribution in [0.15, 0.2) is 18.2 Å². The third kappa shape index (κ3) is 5.46. The summed E-state index contributed by atoms with van der Waals surface area (Å²) in [5.41, 5.74) is 3.89. The molecule has 2 aromatic rings. The van der Waals surface area contributed by atoms with Crippen LogP contribution in [0.25, 0.3) is 0 Å². The second-order valence-corrected chi connectivity index (χ2v) is 9.53. The zero-order chi connectivity index (χ0) is 21.8. The Bertz CT molecular complexity index is 942. The normalized spacial score (nSPS) is 17.8. The number of ether oxygens (including phenoxy) is 2. The summed E-state index contributed by atoms with van der Waals surface area (Å²) < 4.78 is 11.3. The first-order valence-corrected chi connectivity index (χ1v) is 11.9. The zero-order valence-electron chi connectivity index (χ0n) is 18.2. The highest BCUT2D eigenvalue weighted by Gasteiger charge is 2.27. The van der Waals surface area contributed by atoms with Crippen LogP contribution in [-0.2, 0) is 22.4 Å². The first-order valence-electron chi connectivity index (χ1n) is 11.0. The van der Waals surface area contributed by atoms with Crippen molar-refractivity contribution in [3.05, 3.63) is 45.3 Å². The number of carbonyl (C=O) groups excluding carboxylic acids is 2. The lowest BCUT2D eigenvalue weighted by atomic mass is 9.95. The molecule has 0 saturated carbocycles. The van der Waals surface area contributed by atoms with Crippen LogP contribution in [0.1, 0.15) is 57.6 Å². The van der Waals surface area contributed by atoms with E-state index in [1.807, 2.05) is 26.0 Å². The van der Waals surface area contributed by atoms with Crippen LogP contribution < -0.4 is 15.4 Å². The molecule has 31 heavy (non-hydrogen) atoms. The van der Waals surface area contributed by atoms with Crippen molar-refractivity contribution < 1.29 is 19.1 Å². The highest BCUT2D eigenvalue weighted by atomic mass is 32.1. The van der Waals surface area contributed by atoms with Crippen molar-refractivity contribution in [3.63, 3.8) is 0 Å². The van der Waals surface area contributed by atoms with E-state index in [0.717, 1.165) is 61.8 Å². The van der Waals surface area contributed by atoms with Gasteiger partial charge < -0.3 is 20.1 Å². The van der Waals surface area contributed by atoms with E-state index in [2.05, 4.69) is 16.7 Å². The van der Waals surface area contributed by atoms with Crippen LogP contribution in [0.4, 0.5) is 5.00 Å². The van der Waals surface area contributed by atoms with E-state index in [1.54, 1.807) is 0 Å². The Morgan fingerprint density at radius 2 is 1.90 bits per heavy atom. The van der Waals surface area contributed by atoms with Gasteiger partial charge in [-0.1, -0.05) is 6.07 Å². The van der Waals surface area contributed by atoms with Crippen LogP contribution in [0.5, 0.6) is 5.75 Å². The number of benzene rings is 1. The van der Waals surface area contributed by atoms with E-state index >= 15 is 0 Å². The number of rotatable bonds is 7. The number of thiophene rings is 1. The topological polar surface area (TPSA) is 76.7 Å². The molecule has 1 saturated heterocycles. The second kappa shape index (κ2) is 9.83. The third-order valence-electron chi connectivity index (χ3n) is 5.73. The van der Waals surface area contributed by atoms with Gasteiger partial charge in [-0.25, -0.2) is 0 Å². The van der Waals surface area contributed by atoms with Crippen molar-refractivity contribution in [2.45, 2.75) is 58.5 Å². The van der Waals surface area contributed by atoms with Gasteiger partial charge in [0.15, 0.2) is 6.61 Å². The van der Waals surface area contributed by atoms with E-state index in [9.17, 15) is 9.59 Å². The molecular weight excluding hydrogens is 412 g/mol. The molecule has 0 bridgehead atoms. The molecule has 2 N–H and O–H groups in total. The molecule has 7 heteroatoms. The minimum absolute atomic E-state index is 0.0858. The minimum Gasteiger partial charge on any atom is -0.484 e. The second-order valence-electron chi connectivity index (χ2n) is 8.42. The molecule has 6 nitrogen and oxygen atoms in total. The summed E-state index contributed by atoms with van der Waals surface area (Å²) in [7, 11) is 0. The molecule has 1 aromatic heterocycles. The Kier molecular flexibility index (Phi) is 6.92. The average Bonchev–Trinajstić information content (AvgIpc) is 3.37. The SMILES string of the molecule is Cc1cc(C)cc(OCC(=O)Nc2sc3c(c2C(=O)NC[C@H]2CCCO2)CCCC3)c1. The van der Waals surface area contributed by atoms with Gasteiger partial charge in [-0.3, -0.25) is 9.59 Å². The van der Waals surface area contributed by atoms with E-state index < -0.39 is 0 Å². The maximum Gasteiger partial charge on any atom is 0.262 e. The van der Waals surface area contributed by atoms with Gasteiger partial charge >= 0.3 is 0 Å². The van der Waals surface area contributed by atoms with Gasteiger partial charge in [0, 0.05) is 18.0 Å². The first kappa shape index (κ1) is 21.8. The molecular formula is C24H30N2O4S. The fourth-order valence-corrected chi connectivity index (χ4v) is 5.63. The summed E-state index contributed by atoms with van der Waals surface area (Å²) in [4.78, 5) is 26.9. The van der Waals surface area contributed by atoms with Crippen molar-refractivity contribution in [1.29, 1.82) is 0 Å². The summed E-state index contributed by atoms with van der Waals surface area (Å²) in [5, 5.41) is 6.59. The lowest BCUT2D eigenvalue weighted by Crippen LogP contribution is -2.33. The first-order chi connectivity index (χ1) is 15.0. The van der Waals surface area contributed by atoms with E-state index in [4.69, 9.17) is 9.47 Å². The van der Waals surface area contributed by atoms with Crippen molar-refractivity contribution >= 4 is 28.2 Å². The Hall–Kier alpha value is -2.38. The van der Waals surface area contributed by atoms with Crippen LogP contribution in [0.3, 0.4) is 0 Å². The van der Waals surface area contributed by atoms with Gasteiger partial charge in [0.05, 0.1) is 11.7 Å². The standard InChI is InChI=1S/C24H30N2O4S/c1-15-10-16(2)12-18(11-15)30-14-21(27)26-24-22(19-7-3-4-8-20(19)31-24)23(28)25-13-17-6-5-9-29-17/h10-12,17H,3-9,13-14H2,1-2H3,(H,25,28)(H,26,27)/t17-/m1/s1. The van der Waals surface area contributed by atoms with Gasteiger partial charge in [0.2, 0.25) is 0 Å². The summed E-state index contributed by atoms with van der Waals surface area (Å²) in [5.74, 6) is 0.291. The number of fused-ring (bicyclic) bond motifs is 1. The van der Waals surface area contributed by atoms with E-state index in [-0.39, 0.29) is 24.5 Å². The molecule has 0 radical (unpaired) electrons. The van der Waals surface area contributed by atoms with Gasteiger partial charge in [0.1, 0.15) is 10.8 Å². The maximum atomic E-state index is 13.0. The molecule has 0 unspecified atom stereocenters. The Labute approximate surface area is 187 Å². The number of aryl methyl sites for hydroxylation is 3. The lowest BCUT2D eigenvalue weighted by molar-refractivity contribution is -0.118. The van der Waals surface area contributed by atoms with Gasteiger partial charge in [-0.05, 0) is 81.2 Å². The van der Waals surface area contributed by atoms with Crippen LogP contribution in [0.2, 0.25) is 0 Å². The van der Waals surface area contributed by atoms with E-state index in [0.29, 0.717) is 22.9 Å². The highest BCUT2D eigenvalue weighted by Crippen LogP contribution is 2.38. The quantitative estimate of drug-likeness (QED) is 0.675. The number of anilines is 1. The molecule has 1 aliphatic carbocycles. The molecule has 0 spiro atoms.